The summed E-state index contributed by atoms with van der Waals surface area (Å²) >= 11 is 0. The predicted octanol–water partition coefficient (Wildman–Crippen LogP) is 3.10. The summed E-state index contributed by atoms with van der Waals surface area (Å²) in [5.41, 5.74) is 1.34. The van der Waals surface area contributed by atoms with Crippen molar-refractivity contribution in [3.63, 3.8) is 0 Å². The molecule has 2 aliphatic rings. The van der Waals surface area contributed by atoms with E-state index in [0.717, 1.165) is 12.0 Å². The Kier molecular flexibility index (Phi) is 2.05. The Morgan fingerprint density at radius 3 is 3.00 bits per heavy atom. The smallest absolute Gasteiger partial charge is 0.158 e. The summed E-state index contributed by atoms with van der Waals surface area (Å²) in [6.45, 7) is 4.30. The molecule has 0 saturated heterocycles. The van der Waals surface area contributed by atoms with Crippen LogP contribution in [0.4, 0.5) is 0 Å². The number of ketones is 1. The molecular formula is C12H18O. The van der Waals surface area contributed by atoms with Crippen molar-refractivity contribution in [3.05, 3.63) is 11.6 Å². The van der Waals surface area contributed by atoms with Crippen LogP contribution < -0.4 is 0 Å². The molecule has 1 heteroatoms. The third-order valence-electron chi connectivity index (χ3n) is 3.87. The number of allylic oxidation sites excluding steroid dienone is 2. The van der Waals surface area contributed by atoms with Crippen molar-refractivity contribution in [3.8, 4) is 0 Å². The third-order valence-corrected chi connectivity index (χ3v) is 3.87. The van der Waals surface area contributed by atoms with E-state index in [-0.39, 0.29) is 0 Å². The van der Waals surface area contributed by atoms with E-state index >= 15 is 0 Å². The Morgan fingerprint density at radius 1 is 1.46 bits per heavy atom. The molecule has 2 rings (SSSR count). The van der Waals surface area contributed by atoms with E-state index in [1.165, 1.54) is 25.7 Å². The first-order valence-electron chi connectivity index (χ1n) is 5.34. The fourth-order valence-corrected chi connectivity index (χ4v) is 2.92. The van der Waals surface area contributed by atoms with Gasteiger partial charge in [-0.1, -0.05) is 25.8 Å². The lowest BCUT2D eigenvalue weighted by Gasteiger charge is -2.42. The normalized spacial score (nSPS) is 39.7. The standard InChI is InChI=1S/C12H18O/c1-9-8-12(2)6-4-3-5-10(12)7-11(9)13/h8,10H,3-7H2,1-2H3/t10-,12-/m0/s1. The summed E-state index contributed by atoms with van der Waals surface area (Å²) in [6.07, 6.45) is 8.24. The van der Waals surface area contributed by atoms with Gasteiger partial charge >= 0.3 is 0 Å². The molecule has 1 nitrogen and oxygen atoms in total. The molecule has 0 heterocycles. The largest absolute Gasteiger partial charge is 0.295 e. The molecule has 0 bridgehead atoms. The Morgan fingerprint density at radius 2 is 2.23 bits per heavy atom. The van der Waals surface area contributed by atoms with Gasteiger partial charge in [-0.2, -0.15) is 0 Å². The molecule has 1 saturated carbocycles. The SMILES string of the molecule is CC1=C[C@]2(C)CCCC[C@H]2CC1=O. The van der Waals surface area contributed by atoms with Gasteiger partial charge in [0.15, 0.2) is 5.78 Å². The number of fused-ring (bicyclic) bond motifs is 1. The van der Waals surface area contributed by atoms with Crippen LogP contribution >= 0.6 is 0 Å². The van der Waals surface area contributed by atoms with Gasteiger partial charge in [0, 0.05) is 6.42 Å². The van der Waals surface area contributed by atoms with Crippen LogP contribution in [-0.4, -0.2) is 5.78 Å². The third kappa shape index (κ3) is 1.45. The number of hydrogen-bond acceptors (Lipinski definition) is 1. The molecular weight excluding hydrogens is 160 g/mol. The minimum absolute atomic E-state index is 0.343. The van der Waals surface area contributed by atoms with Crippen LogP contribution in [0.2, 0.25) is 0 Å². The highest BCUT2D eigenvalue weighted by Crippen LogP contribution is 2.47. The zero-order valence-electron chi connectivity index (χ0n) is 8.60. The molecule has 0 spiro atoms. The molecule has 13 heavy (non-hydrogen) atoms. The van der Waals surface area contributed by atoms with Gasteiger partial charge in [0.25, 0.3) is 0 Å². The Bertz CT molecular complexity index is 264. The van der Waals surface area contributed by atoms with Gasteiger partial charge in [-0.15, -0.1) is 0 Å². The van der Waals surface area contributed by atoms with Crippen molar-refractivity contribution < 1.29 is 4.79 Å². The Balaban J connectivity index is 2.30. The van der Waals surface area contributed by atoms with Crippen LogP contribution in [0, 0.1) is 11.3 Å². The quantitative estimate of drug-likeness (QED) is 0.557. The van der Waals surface area contributed by atoms with E-state index in [1.54, 1.807) is 0 Å². The summed E-state index contributed by atoms with van der Waals surface area (Å²) < 4.78 is 0. The zero-order chi connectivity index (χ0) is 9.47. The second kappa shape index (κ2) is 2.97. The fraction of sp³-hybridized carbons (Fsp3) is 0.750. The van der Waals surface area contributed by atoms with Crippen molar-refractivity contribution in [1.29, 1.82) is 0 Å². The highest BCUT2D eigenvalue weighted by molar-refractivity contribution is 5.96. The highest BCUT2D eigenvalue weighted by atomic mass is 16.1. The maximum Gasteiger partial charge on any atom is 0.158 e. The van der Waals surface area contributed by atoms with Gasteiger partial charge in [-0.25, -0.2) is 0 Å². The number of carbonyl (C=O) groups is 1. The van der Waals surface area contributed by atoms with Crippen LogP contribution in [0.3, 0.4) is 0 Å². The van der Waals surface area contributed by atoms with Crippen molar-refractivity contribution in [2.75, 3.05) is 0 Å². The fourth-order valence-electron chi connectivity index (χ4n) is 2.92. The molecule has 0 radical (unpaired) electrons. The van der Waals surface area contributed by atoms with E-state index in [1.807, 2.05) is 6.92 Å². The van der Waals surface area contributed by atoms with E-state index in [4.69, 9.17) is 0 Å². The van der Waals surface area contributed by atoms with Gasteiger partial charge in [-0.05, 0) is 36.7 Å². The molecule has 0 aromatic carbocycles. The number of carbonyl (C=O) groups excluding carboxylic acids is 1. The van der Waals surface area contributed by atoms with Gasteiger partial charge in [0.05, 0.1) is 0 Å². The summed E-state index contributed by atoms with van der Waals surface area (Å²) in [5.74, 6) is 1.02. The van der Waals surface area contributed by atoms with Crippen LogP contribution in [-0.2, 0) is 4.79 Å². The summed E-state index contributed by atoms with van der Waals surface area (Å²) in [5, 5.41) is 0. The zero-order valence-corrected chi connectivity index (χ0v) is 8.60. The Labute approximate surface area is 80.2 Å². The highest BCUT2D eigenvalue weighted by Gasteiger charge is 2.39. The van der Waals surface area contributed by atoms with E-state index in [2.05, 4.69) is 13.0 Å². The van der Waals surface area contributed by atoms with Crippen molar-refractivity contribution >= 4 is 5.78 Å². The van der Waals surface area contributed by atoms with Crippen LogP contribution in [0.15, 0.2) is 11.6 Å². The number of rotatable bonds is 0. The van der Waals surface area contributed by atoms with Gasteiger partial charge in [-0.3, -0.25) is 4.79 Å². The average molecular weight is 178 g/mol. The minimum atomic E-state index is 0.343. The minimum Gasteiger partial charge on any atom is -0.295 e. The van der Waals surface area contributed by atoms with Gasteiger partial charge < -0.3 is 0 Å². The van der Waals surface area contributed by atoms with Crippen LogP contribution in [0.1, 0.15) is 46.0 Å². The van der Waals surface area contributed by atoms with Gasteiger partial charge in [0.2, 0.25) is 0 Å². The Hall–Kier alpha value is -0.590. The maximum atomic E-state index is 11.5. The van der Waals surface area contributed by atoms with Crippen molar-refractivity contribution in [2.45, 2.75) is 46.0 Å². The molecule has 72 valence electrons. The van der Waals surface area contributed by atoms with E-state index in [0.29, 0.717) is 17.1 Å². The molecule has 2 aliphatic carbocycles. The lowest BCUT2D eigenvalue weighted by molar-refractivity contribution is -0.118. The summed E-state index contributed by atoms with van der Waals surface area (Å²) in [6, 6.07) is 0. The van der Waals surface area contributed by atoms with Gasteiger partial charge in [0.1, 0.15) is 0 Å². The molecule has 0 unspecified atom stereocenters. The molecule has 2 atom stereocenters. The molecule has 0 aromatic rings. The first kappa shape index (κ1) is 8.98. The predicted molar refractivity (Wildman–Crippen MR) is 53.4 cm³/mol. The maximum absolute atomic E-state index is 11.5. The molecule has 0 aliphatic heterocycles. The summed E-state index contributed by atoms with van der Waals surface area (Å²) in [4.78, 5) is 11.5. The molecule has 0 amide bonds. The number of hydrogen-bond donors (Lipinski definition) is 0. The summed E-state index contributed by atoms with van der Waals surface area (Å²) in [7, 11) is 0. The number of Topliss-reactive ketones (excluding diaryl/α,β-unsaturated/α-hetero) is 1. The molecule has 0 aromatic heterocycles. The lowest BCUT2D eigenvalue weighted by Crippen LogP contribution is -2.35. The average Bonchev–Trinajstić information content (AvgIpc) is 2.07. The first-order chi connectivity index (χ1) is 6.12. The van der Waals surface area contributed by atoms with Crippen LogP contribution in [0.5, 0.6) is 0 Å². The van der Waals surface area contributed by atoms with Crippen molar-refractivity contribution in [1.82, 2.24) is 0 Å². The van der Waals surface area contributed by atoms with Crippen molar-refractivity contribution in [2.24, 2.45) is 11.3 Å². The monoisotopic (exact) mass is 178 g/mol. The van der Waals surface area contributed by atoms with E-state index in [9.17, 15) is 4.79 Å². The second-order valence-corrected chi connectivity index (χ2v) is 4.90. The lowest BCUT2D eigenvalue weighted by atomic mass is 9.62. The van der Waals surface area contributed by atoms with Crippen LogP contribution in [0.25, 0.3) is 0 Å². The van der Waals surface area contributed by atoms with E-state index < -0.39 is 0 Å². The molecule has 1 fully saturated rings. The molecule has 0 N–H and O–H groups in total. The second-order valence-electron chi connectivity index (χ2n) is 4.90. The topological polar surface area (TPSA) is 17.1 Å². The first-order valence-corrected chi connectivity index (χ1v) is 5.34.